The average Bonchev–Trinajstić information content (AvgIpc) is 2.70. The number of carboxylic acid groups (broad SMARTS) is 1. The van der Waals surface area contributed by atoms with Crippen molar-refractivity contribution >= 4 is 17.7 Å². The molecule has 2 aliphatic heterocycles. The lowest BCUT2D eigenvalue weighted by molar-refractivity contribution is -0.142. The molecular weight excluding hydrogens is 198 g/mol. The van der Waals surface area contributed by atoms with Crippen molar-refractivity contribution in [2.24, 2.45) is 11.8 Å². The summed E-state index contributed by atoms with van der Waals surface area (Å²) in [5.74, 6) is 2.00. The second-order valence-electron chi connectivity index (χ2n) is 4.39. The molecule has 2 aliphatic rings. The van der Waals surface area contributed by atoms with Crippen LogP contribution in [0.3, 0.4) is 0 Å². The monoisotopic (exact) mass is 215 g/mol. The topological polar surface area (TPSA) is 40.5 Å². The quantitative estimate of drug-likeness (QED) is 0.750. The molecule has 3 nitrogen and oxygen atoms in total. The van der Waals surface area contributed by atoms with Crippen molar-refractivity contribution in [3.63, 3.8) is 0 Å². The summed E-state index contributed by atoms with van der Waals surface area (Å²) in [5, 5.41) is 9.01. The fourth-order valence-corrected chi connectivity index (χ4v) is 3.69. The molecule has 80 valence electrons. The Morgan fingerprint density at radius 3 is 2.79 bits per heavy atom. The van der Waals surface area contributed by atoms with Gasteiger partial charge in [0.15, 0.2) is 0 Å². The lowest BCUT2D eigenvalue weighted by atomic mass is 9.99. The molecule has 14 heavy (non-hydrogen) atoms. The molecule has 1 unspecified atom stereocenters. The Labute approximate surface area is 88.9 Å². The van der Waals surface area contributed by atoms with Crippen LogP contribution >= 0.6 is 11.8 Å². The Morgan fingerprint density at radius 1 is 1.50 bits per heavy atom. The first kappa shape index (κ1) is 10.3. The van der Waals surface area contributed by atoms with E-state index in [4.69, 9.17) is 5.11 Å². The molecule has 0 bridgehead atoms. The molecule has 0 aromatic heterocycles. The largest absolute Gasteiger partial charge is 0.481 e. The van der Waals surface area contributed by atoms with E-state index in [1.165, 1.54) is 17.9 Å². The minimum atomic E-state index is -0.620. The van der Waals surface area contributed by atoms with Crippen molar-refractivity contribution in [2.45, 2.75) is 19.4 Å². The summed E-state index contributed by atoms with van der Waals surface area (Å²) in [5.41, 5.74) is 0. The molecule has 2 rings (SSSR count). The van der Waals surface area contributed by atoms with E-state index in [1.807, 2.05) is 11.8 Å². The van der Waals surface area contributed by atoms with Crippen LogP contribution in [-0.4, -0.2) is 46.6 Å². The van der Waals surface area contributed by atoms with E-state index < -0.39 is 5.97 Å². The zero-order valence-corrected chi connectivity index (χ0v) is 9.30. The number of carboxylic acids is 1. The highest BCUT2D eigenvalue weighted by molar-refractivity contribution is 7.99. The van der Waals surface area contributed by atoms with Crippen LogP contribution in [0.2, 0.25) is 0 Å². The SMILES string of the molecule is C[C@@H]1CN(C2CCSC2)C[C@H]1C(=O)O. The second kappa shape index (κ2) is 4.11. The molecule has 0 aliphatic carbocycles. The molecule has 0 radical (unpaired) electrons. The zero-order valence-electron chi connectivity index (χ0n) is 8.48. The van der Waals surface area contributed by atoms with Crippen LogP contribution in [-0.2, 0) is 4.79 Å². The average molecular weight is 215 g/mol. The molecule has 3 atom stereocenters. The van der Waals surface area contributed by atoms with Crippen LogP contribution < -0.4 is 0 Å². The van der Waals surface area contributed by atoms with Gasteiger partial charge in [-0.1, -0.05) is 6.92 Å². The Kier molecular flexibility index (Phi) is 3.02. The Hall–Kier alpha value is -0.220. The van der Waals surface area contributed by atoms with Crippen LogP contribution in [0, 0.1) is 11.8 Å². The number of rotatable bonds is 2. The second-order valence-corrected chi connectivity index (χ2v) is 5.54. The molecule has 0 saturated carbocycles. The zero-order chi connectivity index (χ0) is 10.1. The number of carbonyl (C=O) groups is 1. The Bertz CT molecular complexity index is 228. The summed E-state index contributed by atoms with van der Waals surface area (Å²) in [4.78, 5) is 13.3. The van der Waals surface area contributed by atoms with Gasteiger partial charge in [-0.05, 0) is 18.1 Å². The summed E-state index contributed by atoms with van der Waals surface area (Å²) in [6.07, 6.45) is 1.24. The highest BCUT2D eigenvalue weighted by Gasteiger charge is 2.38. The molecule has 0 aromatic rings. The first-order chi connectivity index (χ1) is 6.68. The van der Waals surface area contributed by atoms with Gasteiger partial charge in [0, 0.05) is 24.9 Å². The molecule has 0 spiro atoms. The number of hydrogen-bond acceptors (Lipinski definition) is 3. The fraction of sp³-hybridized carbons (Fsp3) is 0.900. The van der Waals surface area contributed by atoms with Crippen LogP contribution in [0.25, 0.3) is 0 Å². The number of thioether (sulfide) groups is 1. The van der Waals surface area contributed by atoms with Crippen LogP contribution in [0.4, 0.5) is 0 Å². The maximum atomic E-state index is 10.9. The summed E-state index contributed by atoms with van der Waals surface area (Å²) in [6.45, 7) is 3.80. The maximum absolute atomic E-state index is 10.9. The van der Waals surface area contributed by atoms with Gasteiger partial charge in [0.05, 0.1) is 5.92 Å². The van der Waals surface area contributed by atoms with E-state index in [-0.39, 0.29) is 5.92 Å². The lowest BCUT2D eigenvalue weighted by Gasteiger charge is -2.22. The van der Waals surface area contributed by atoms with Gasteiger partial charge < -0.3 is 5.11 Å². The normalized spacial score (nSPS) is 39.1. The number of aliphatic carboxylic acids is 1. The predicted octanol–water partition coefficient (Wildman–Crippen LogP) is 1.14. The minimum Gasteiger partial charge on any atom is -0.481 e. The van der Waals surface area contributed by atoms with Gasteiger partial charge in [-0.25, -0.2) is 0 Å². The molecule has 0 aromatic carbocycles. The van der Waals surface area contributed by atoms with E-state index >= 15 is 0 Å². The first-order valence-corrected chi connectivity index (χ1v) is 6.38. The Balaban J connectivity index is 1.94. The van der Waals surface area contributed by atoms with Crippen molar-refractivity contribution in [2.75, 3.05) is 24.6 Å². The molecule has 2 fully saturated rings. The molecule has 1 N–H and O–H groups in total. The summed E-state index contributed by atoms with van der Waals surface area (Å²) in [6, 6.07) is 0.645. The van der Waals surface area contributed by atoms with E-state index in [0.717, 1.165) is 13.1 Å². The van der Waals surface area contributed by atoms with E-state index in [9.17, 15) is 4.79 Å². The lowest BCUT2D eigenvalue weighted by Crippen LogP contribution is -2.34. The van der Waals surface area contributed by atoms with E-state index in [2.05, 4.69) is 11.8 Å². The van der Waals surface area contributed by atoms with Crippen molar-refractivity contribution < 1.29 is 9.90 Å². The predicted molar refractivity (Wildman–Crippen MR) is 57.6 cm³/mol. The van der Waals surface area contributed by atoms with Crippen molar-refractivity contribution in [3.8, 4) is 0 Å². The van der Waals surface area contributed by atoms with E-state index in [1.54, 1.807) is 0 Å². The maximum Gasteiger partial charge on any atom is 0.308 e. The molecular formula is C10H17NO2S. The highest BCUT2D eigenvalue weighted by atomic mass is 32.2. The first-order valence-electron chi connectivity index (χ1n) is 5.23. The van der Waals surface area contributed by atoms with Gasteiger partial charge in [0.25, 0.3) is 0 Å². The van der Waals surface area contributed by atoms with Gasteiger partial charge >= 0.3 is 5.97 Å². The molecule has 4 heteroatoms. The third-order valence-electron chi connectivity index (χ3n) is 3.38. The fourth-order valence-electron chi connectivity index (χ4n) is 2.43. The van der Waals surface area contributed by atoms with Crippen LogP contribution in [0.5, 0.6) is 0 Å². The number of nitrogens with zero attached hydrogens (tertiary/aromatic N) is 1. The number of likely N-dealkylation sites (tertiary alicyclic amines) is 1. The molecule has 0 amide bonds. The van der Waals surface area contributed by atoms with Crippen molar-refractivity contribution in [1.29, 1.82) is 0 Å². The van der Waals surface area contributed by atoms with E-state index in [0.29, 0.717) is 12.0 Å². The molecule has 2 saturated heterocycles. The summed E-state index contributed by atoms with van der Waals surface area (Å²) < 4.78 is 0. The number of hydrogen-bond donors (Lipinski definition) is 1. The van der Waals surface area contributed by atoms with Crippen LogP contribution in [0.15, 0.2) is 0 Å². The standard InChI is InChI=1S/C10H17NO2S/c1-7-4-11(5-9(7)10(12)13)8-2-3-14-6-8/h7-9H,2-6H2,1H3,(H,12,13)/t7-,8?,9-/m1/s1. The third-order valence-corrected chi connectivity index (χ3v) is 4.52. The van der Waals surface area contributed by atoms with Crippen molar-refractivity contribution in [1.82, 2.24) is 4.90 Å². The van der Waals surface area contributed by atoms with Crippen LogP contribution in [0.1, 0.15) is 13.3 Å². The molecule has 2 heterocycles. The van der Waals surface area contributed by atoms with Gasteiger partial charge in [0.1, 0.15) is 0 Å². The smallest absolute Gasteiger partial charge is 0.308 e. The third kappa shape index (κ3) is 1.91. The summed E-state index contributed by atoms with van der Waals surface area (Å²) >= 11 is 1.99. The summed E-state index contributed by atoms with van der Waals surface area (Å²) in [7, 11) is 0. The van der Waals surface area contributed by atoms with Gasteiger partial charge in [0.2, 0.25) is 0 Å². The van der Waals surface area contributed by atoms with Gasteiger partial charge in [-0.15, -0.1) is 0 Å². The van der Waals surface area contributed by atoms with Crippen molar-refractivity contribution in [3.05, 3.63) is 0 Å². The van der Waals surface area contributed by atoms with Gasteiger partial charge in [-0.3, -0.25) is 9.69 Å². The minimum absolute atomic E-state index is 0.138. The van der Waals surface area contributed by atoms with Gasteiger partial charge in [-0.2, -0.15) is 11.8 Å². The highest BCUT2D eigenvalue weighted by Crippen LogP contribution is 2.30. The Morgan fingerprint density at radius 2 is 2.29 bits per heavy atom.